The van der Waals surface area contributed by atoms with E-state index in [1.807, 2.05) is 6.92 Å². The van der Waals surface area contributed by atoms with Gasteiger partial charge in [-0.3, -0.25) is 14.2 Å². The van der Waals surface area contributed by atoms with Crippen LogP contribution in [0.4, 0.5) is 0 Å². The minimum Gasteiger partial charge on any atom is -0.433 e. The number of hydrogen-bond donors (Lipinski definition) is 0. The maximum Gasteiger partial charge on any atom is 0.386 e. The van der Waals surface area contributed by atoms with Crippen molar-refractivity contribution in [1.29, 1.82) is 0 Å². The van der Waals surface area contributed by atoms with Gasteiger partial charge in [0.25, 0.3) is 11.0 Å². The highest BCUT2D eigenvalue weighted by Crippen LogP contribution is 2.55. The molecule has 0 aliphatic rings. The molecule has 3 rings (SSSR count). The van der Waals surface area contributed by atoms with Crippen molar-refractivity contribution in [2.75, 3.05) is 0 Å². The zero-order chi connectivity index (χ0) is 23.5. The summed E-state index contributed by atoms with van der Waals surface area (Å²) in [6, 6.07) is 15.3. The molecule has 0 atom stereocenters. The molecule has 0 radical (unpaired) electrons. The van der Waals surface area contributed by atoms with Gasteiger partial charge < -0.3 is 4.52 Å². The molecule has 3 aromatic rings. The lowest BCUT2D eigenvalue weighted by Gasteiger charge is -2.19. The normalized spacial score (nSPS) is 11.3. The summed E-state index contributed by atoms with van der Waals surface area (Å²) in [7, 11) is -4.82. The standard InChI is InChI=1S/C23H17Cl4O4P/c1-2-5-14-10-12-15(13-11-14)31-32(30,22(28)20-16(24)6-3-7-17(20)25)23(29)21-18(26)8-4-9-19(21)27/h3-4,6-13H,2,5H2,1H3. The molecule has 166 valence electrons. The molecule has 0 fully saturated rings. The van der Waals surface area contributed by atoms with Crippen LogP contribution in [-0.2, 0) is 11.0 Å². The molecule has 0 aromatic heterocycles. The Balaban J connectivity index is 2.15. The maximum absolute atomic E-state index is 14.0. The Hall–Kier alpha value is -1.81. The minimum atomic E-state index is -4.82. The summed E-state index contributed by atoms with van der Waals surface area (Å²) < 4.78 is 19.7. The first-order valence-corrected chi connectivity index (χ1v) is 12.7. The van der Waals surface area contributed by atoms with E-state index in [1.165, 1.54) is 36.4 Å². The highest BCUT2D eigenvalue weighted by atomic mass is 35.5. The summed E-state index contributed by atoms with van der Waals surface area (Å²) in [4.78, 5) is 26.9. The van der Waals surface area contributed by atoms with Gasteiger partial charge in [0.2, 0.25) is 0 Å². The molecule has 0 unspecified atom stereocenters. The third kappa shape index (κ3) is 5.06. The van der Waals surface area contributed by atoms with Crippen molar-refractivity contribution < 1.29 is 18.7 Å². The van der Waals surface area contributed by atoms with Crippen LogP contribution in [0.2, 0.25) is 20.1 Å². The third-order valence-corrected chi connectivity index (χ3v) is 7.83. The second kappa shape index (κ2) is 10.4. The number of halogens is 4. The molecule has 0 bridgehead atoms. The first kappa shape index (κ1) is 24.8. The van der Waals surface area contributed by atoms with Crippen LogP contribution in [0, 0.1) is 0 Å². The number of aryl methyl sites for hydroxylation is 1. The van der Waals surface area contributed by atoms with Crippen LogP contribution in [0.15, 0.2) is 60.7 Å². The predicted octanol–water partition coefficient (Wildman–Crippen LogP) is 8.59. The van der Waals surface area contributed by atoms with Crippen LogP contribution >= 0.6 is 53.8 Å². The molecule has 3 aromatic carbocycles. The van der Waals surface area contributed by atoms with Crippen LogP contribution in [0.3, 0.4) is 0 Å². The van der Waals surface area contributed by atoms with Gasteiger partial charge in [0.15, 0.2) is 0 Å². The van der Waals surface area contributed by atoms with Gasteiger partial charge in [0.05, 0.1) is 31.2 Å². The molecular formula is C23H17Cl4O4P. The van der Waals surface area contributed by atoms with Crippen molar-refractivity contribution in [2.45, 2.75) is 19.8 Å². The van der Waals surface area contributed by atoms with Crippen molar-refractivity contribution in [3.05, 3.63) is 97.4 Å². The quantitative estimate of drug-likeness (QED) is 0.274. The third-order valence-electron chi connectivity index (χ3n) is 4.58. The van der Waals surface area contributed by atoms with Crippen molar-refractivity contribution >= 4 is 64.8 Å². The van der Waals surface area contributed by atoms with Crippen molar-refractivity contribution in [1.82, 2.24) is 0 Å². The van der Waals surface area contributed by atoms with Gasteiger partial charge in [-0.25, -0.2) is 0 Å². The van der Waals surface area contributed by atoms with Crippen molar-refractivity contribution in [3.63, 3.8) is 0 Å². The van der Waals surface area contributed by atoms with Crippen LogP contribution in [0.1, 0.15) is 39.6 Å². The van der Waals surface area contributed by atoms with E-state index in [4.69, 9.17) is 50.9 Å². The Morgan fingerprint density at radius 1 is 0.750 bits per heavy atom. The molecule has 0 saturated heterocycles. The fraction of sp³-hybridized carbons (Fsp3) is 0.130. The molecule has 32 heavy (non-hydrogen) atoms. The Bertz CT molecular complexity index is 1120. The molecule has 0 spiro atoms. The van der Waals surface area contributed by atoms with E-state index in [-0.39, 0.29) is 37.0 Å². The van der Waals surface area contributed by atoms with Crippen LogP contribution < -0.4 is 4.52 Å². The van der Waals surface area contributed by atoms with E-state index >= 15 is 0 Å². The smallest absolute Gasteiger partial charge is 0.386 e. The molecule has 0 aliphatic carbocycles. The number of benzene rings is 3. The summed E-state index contributed by atoms with van der Waals surface area (Å²) in [6.45, 7) is 2.04. The van der Waals surface area contributed by atoms with Crippen LogP contribution in [-0.4, -0.2) is 11.0 Å². The number of carbonyl (C=O) groups excluding carboxylic acids is 2. The van der Waals surface area contributed by atoms with E-state index in [9.17, 15) is 14.2 Å². The first-order valence-electron chi connectivity index (χ1n) is 9.55. The highest BCUT2D eigenvalue weighted by molar-refractivity contribution is 7.92. The second-order valence-electron chi connectivity index (χ2n) is 6.84. The molecule has 4 nitrogen and oxygen atoms in total. The lowest BCUT2D eigenvalue weighted by atomic mass is 10.1. The lowest BCUT2D eigenvalue weighted by Crippen LogP contribution is -2.17. The zero-order valence-corrected chi connectivity index (χ0v) is 20.7. The largest absolute Gasteiger partial charge is 0.433 e. The molecule has 0 aliphatic heterocycles. The highest BCUT2D eigenvalue weighted by Gasteiger charge is 2.47. The molecule has 0 heterocycles. The molecule has 9 heteroatoms. The van der Waals surface area contributed by atoms with Gasteiger partial charge in [0, 0.05) is 0 Å². The predicted molar refractivity (Wildman–Crippen MR) is 130 cm³/mol. The van der Waals surface area contributed by atoms with E-state index in [2.05, 4.69) is 0 Å². The fourth-order valence-electron chi connectivity index (χ4n) is 3.03. The van der Waals surface area contributed by atoms with Crippen molar-refractivity contribution in [2.24, 2.45) is 0 Å². The molecular weight excluding hydrogens is 513 g/mol. The average Bonchev–Trinajstić information content (AvgIpc) is 2.74. The summed E-state index contributed by atoms with van der Waals surface area (Å²) in [5.74, 6) is 0.0706. The van der Waals surface area contributed by atoms with Gasteiger partial charge >= 0.3 is 7.37 Å². The fourth-order valence-corrected chi connectivity index (χ4v) is 6.27. The minimum absolute atomic E-state index is 0.0670. The molecule has 0 amide bonds. The van der Waals surface area contributed by atoms with E-state index in [0.29, 0.717) is 0 Å². The van der Waals surface area contributed by atoms with Gasteiger partial charge in [-0.15, -0.1) is 0 Å². The Morgan fingerprint density at radius 2 is 1.16 bits per heavy atom. The van der Waals surface area contributed by atoms with Gasteiger partial charge in [-0.05, 0) is 48.4 Å². The number of carbonyl (C=O) groups is 2. The van der Waals surface area contributed by atoms with Gasteiger partial charge in [-0.2, -0.15) is 0 Å². The summed E-state index contributed by atoms with van der Waals surface area (Å²) in [5, 5.41) is -0.268. The second-order valence-corrected chi connectivity index (χ2v) is 10.6. The molecule has 0 N–H and O–H groups in total. The van der Waals surface area contributed by atoms with Crippen LogP contribution in [0.25, 0.3) is 0 Å². The van der Waals surface area contributed by atoms with Gasteiger partial charge in [0.1, 0.15) is 5.75 Å². The lowest BCUT2D eigenvalue weighted by molar-refractivity contribution is 0.101. The van der Waals surface area contributed by atoms with E-state index < -0.39 is 18.4 Å². The monoisotopic (exact) mass is 528 g/mol. The zero-order valence-electron chi connectivity index (χ0n) is 16.8. The number of hydrogen-bond acceptors (Lipinski definition) is 4. The summed E-state index contributed by atoms with van der Waals surface area (Å²) in [6.07, 6.45) is 1.77. The van der Waals surface area contributed by atoms with Gasteiger partial charge in [-0.1, -0.05) is 84.0 Å². The van der Waals surface area contributed by atoms with Crippen molar-refractivity contribution in [3.8, 4) is 5.75 Å². The SMILES string of the molecule is CCCc1ccc(OP(=O)(C(=O)c2c(Cl)cccc2Cl)C(=O)c2c(Cl)cccc2Cl)cc1. The topological polar surface area (TPSA) is 60.4 Å². The van der Waals surface area contributed by atoms with E-state index in [1.54, 1.807) is 24.3 Å². The summed E-state index contributed by atoms with van der Waals surface area (Å²) in [5.41, 5.74) is -1.83. The first-order chi connectivity index (χ1) is 15.2. The Kier molecular flexibility index (Phi) is 8.08. The van der Waals surface area contributed by atoms with Crippen LogP contribution in [0.5, 0.6) is 5.75 Å². The average molecular weight is 530 g/mol. The molecule has 0 saturated carbocycles. The number of rotatable bonds is 8. The maximum atomic E-state index is 14.0. The summed E-state index contributed by atoms with van der Waals surface area (Å²) >= 11 is 24.6. The Labute approximate surface area is 205 Å². The Morgan fingerprint density at radius 3 is 1.53 bits per heavy atom. The van der Waals surface area contributed by atoms with E-state index in [0.717, 1.165) is 18.4 Å².